The average Bonchev–Trinajstić information content (AvgIpc) is 2.61. The molecule has 0 spiro atoms. The van der Waals surface area contributed by atoms with Crippen LogP contribution in [0.5, 0.6) is 5.75 Å². The lowest BCUT2D eigenvalue weighted by molar-refractivity contribution is -0.140. The standard InChI is InChI=1S/C21H26N2O4/c1-5-23(20(25)27-21(2,3)4)18(15-16-9-7-6-8-10-16)19(24)26-17-11-13-22-14-12-17/h6-14,18H,5,15H2,1-4H3/t18-/m0/s1. The maximum atomic E-state index is 12.9. The Bertz CT molecular complexity index is 742. The van der Waals surface area contributed by atoms with Crippen LogP contribution in [0.3, 0.4) is 0 Å². The molecule has 0 bridgehead atoms. The van der Waals surface area contributed by atoms with Gasteiger partial charge in [0.25, 0.3) is 0 Å². The highest BCUT2D eigenvalue weighted by atomic mass is 16.6. The molecule has 1 heterocycles. The van der Waals surface area contributed by atoms with Gasteiger partial charge in [0.1, 0.15) is 17.4 Å². The highest BCUT2D eigenvalue weighted by Crippen LogP contribution is 2.18. The van der Waals surface area contributed by atoms with Crippen molar-refractivity contribution in [3.8, 4) is 5.75 Å². The molecular formula is C21H26N2O4. The van der Waals surface area contributed by atoms with Gasteiger partial charge in [-0.1, -0.05) is 30.3 Å². The molecule has 2 rings (SSSR count). The van der Waals surface area contributed by atoms with Crippen LogP contribution in [0.1, 0.15) is 33.3 Å². The van der Waals surface area contributed by atoms with E-state index in [9.17, 15) is 9.59 Å². The third kappa shape index (κ3) is 6.40. The summed E-state index contributed by atoms with van der Waals surface area (Å²) >= 11 is 0. The number of nitrogens with zero attached hydrogens (tertiary/aromatic N) is 2. The Balaban J connectivity index is 2.26. The van der Waals surface area contributed by atoms with Gasteiger partial charge in [-0.25, -0.2) is 9.59 Å². The summed E-state index contributed by atoms with van der Waals surface area (Å²) in [7, 11) is 0. The van der Waals surface area contributed by atoms with Crippen molar-refractivity contribution in [2.45, 2.75) is 45.8 Å². The van der Waals surface area contributed by atoms with Gasteiger partial charge < -0.3 is 9.47 Å². The van der Waals surface area contributed by atoms with E-state index in [0.29, 0.717) is 18.7 Å². The lowest BCUT2D eigenvalue weighted by atomic mass is 10.0. The number of amides is 1. The number of rotatable bonds is 6. The van der Waals surface area contributed by atoms with Gasteiger partial charge in [-0.05, 0) is 45.4 Å². The lowest BCUT2D eigenvalue weighted by Gasteiger charge is -2.31. The fraction of sp³-hybridized carbons (Fsp3) is 0.381. The highest BCUT2D eigenvalue weighted by Gasteiger charge is 2.33. The Labute approximate surface area is 160 Å². The fourth-order valence-corrected chi connectivity index (χ4v) is 2.55. The number of pyridine rings is 1. The van der Waals surface area contributed by atoms with Gasteiger partial charge in [0, 0.05) is 25.4 Å². The lowest BCUT2D eigenvalue weighted by Crippen LogP contribution is -2.49. The number of carbonyl (C=O) groups excluding carboxylic acids is 2. The molecule has 6 nitrogen and oxygen atoms in total. The molecule has 1 amide bonds. The van der Waals surface area contributed by atoms with E-state index in [0.717, 1.165) is 5.56 Å². The van der Waals surface area contributed by atoms with Crippen molar-refractivity contribution >= 4 is 12.1 Å². The van der Waals surface area contributed by atoms with Crippen LogP contribution in [0.15, 0.2) is 54.9 Å². The molecule has 2 aromatic rings. The topological polar surface area (TPSA) is 68.7 Å². The van der Waals surface area contributed by atoms with Crippen LogP contribution in [-0.2, 0) is 16.0 Å². The molecule has 0 unspecified atom stereocenters. The first-order valence-corrected chi connectivity index (χ1v) is 8.95. The molecule has 0 N–H and O–H groups in total. The molecule has 1 atom stereocenters. The molecule has 1 aromatic carbocycles. The Morgan fingerprint density at radius 3 is 2.26 bits per heavy atom. The third-order valence-electron chi connectivity index (χ3n) is 3.76. The molecule has 144 valence electrons. The minimum atomic E-state index is -0.805. The number of ether oxygens (including phenoxy) is 2. The first-order valence-electron chi connectivity index (χ1n) is 8.95. The second kappa shape index (κ2) is 9.16. The van der Waals surface area contributed by atoms with E-state index in [1.807, 2.05) is 37.3 Å². The van der Waals surface area contributed by atoms with E-state index in [1.54, 1.807) is 45.3 Å². The van der Waals surface area contributed by atoms with Crippen molar-refractivity contribution in [2.24, 2.45) is 0 Å². The second-order valence-corrected chi connectivity index (χ2v) is 7.08. The highest BCUT2D eigenvalue weighted by molar-refractivity contribution is 5.83. The zero-order chi connectivity index (χ0) is 19.9. The molecule has 0 saturated heterocycles. The first-order chi connectivity index (χ1) is 12.8. The molecule has 0 fully saturated rings. The van der Waals surface area contributed by atoms with Crippen molar-refractivity contribution in [1.82, 2.24) is 9.88 Å². The number of esters is 1. The van der Waals surface area contributed by atoms with Gasteiger partial charge in [0.15, 0.2) is 0 Å². The monoisotopic (exact) mass is 370 g/mol. The third-order valence-corrected chi connectivity index (χ3v) is 3.76. The smallest absolute Gasteiger partial charge is 0.411 e. The minimum absolute atomic E-state index is 0.317. The van der Waals surface area contributed by atoms with Gasteiger partial charge in [-0.15, -0.1) is 0 Å². The average molecular weight is 370 g/mol. The maximum Gasteiger partial charge on any atom is 0.411 e. The van der Waals surface area contributed by atoms with Crippen molar-refractivity contribution in [2.75, 3.05) is 6.54 Å². The quantitative estimate of drug-likeness (QED) is 0.722. The van der Waals surface area contributed by atoms with Gasteiger partial charge in [0.2, 0.25) is 0 Å². The number of hydrogen-bond acceptors (Lipinski definition) is 5. The molecular weight excluding hydrogens is 344 g/mol. The summed E-state index contributed by atoms with van der Waals surface area (Å²) in [6.07, 6.45) is 2.87. The molecule has 27 heavy (non-hydrogen) atoms. The SMILES string of the molecule is CCN(C(=O)OC(C)(C)C)[C@@H](Cc1ccccc1)C(=O)Oc1ccncc1. The molecule has 0 radical (unpaired) electrons. The van der Waals surface area contributed by atoms with Crippen LogP contribution in [0.4, 0.5) is 4.79 Å². The van der Waals surface area contributed by atoms with E-state index in [4.69, 9.17) is 9.47 Å². The largest absolute Gasteiger partial charge is 0.444 e. The molecule has 0 aliphatic heterocycles. The van der Waals surface area contributed by atoms with Crippen LogP contribution in [0.2, 0.25) is 0 Å². The summed E-state index contributed by atoms with van der Waals surface area (Å²) in [5.74, 6) is -0.133. The van der Waals surface area contributed by atoms with E-state index >= 15 is 0 Å². The van der Waals surface area contributed by atoms with Crippen molar-refractivity contribution in [3.63, 3.8) is 0 Å². The van der Waals surface area contributed by atoms with Gasteiger partial charge in [-0.2, -0.15) is 0 Å². The molecule has 6 heteroatoms. The summed E-state index contributed by atoms with van der Waals surface area (Å²) < 4.78 is 11.0. The summed E-state index contributed by atoms with van der Waals surface area (Å²) in [6.45, 7) is 7.50. The van der Waals surface area contributed by atoms with Crippen LogP contribution >= 0.6 is 0 Å². The van der Waals surface area contributed by atoms with E-state index < -0.39 is 23.7 Å². The van der Waals surface area contributed by atoms with E-state index in [-0.39, 0.29) is 0 Å². The summed E-state index contributed by atoms with van der Waals surface area (Å²) in [4.78, 5) is 30.9. The Hall–Kier alpha value is -2.89. The zero-order valence-corrected chi connectivity index (χ0v) is 16.2. The normalized spacial score (nSPS) is 12.1. The second-order valence-electron chi connectivity index (χ2n) is 7.08. The van der Waals surface area contributed by atoms with Crippen LogP contribution in [0.25, 0.3) is 0 Å². The van der Waals surface area contributed by atoms with Crippen LogP contribution in [0, 0.1) is 0 Å². The zero-order valence-electron chi connectivity index (χ0n) is 16.2. The summed E-state index contributed by atoms with van der Waals surface area (Å²) in [6, 6.07) is 11.9. The van der Waals surface area contributed by atoms with Crippen LogP contribution < -0.4 is 4.74 Å². The van der Waals surface area contributed by atoms with Gasteiger partial charge in [-0.3, -0.25) is 9.88 Å². The predicted octanol–water partition coefficient (Wildman–Crippen LogP) is 3.86. The minimum Gasteiger partial charge on any atom is -0.444 e. The van der Waals surface area contributed by atoms with Crippen molar-refractivity contribution in [1.29, 1.82) is 0 Å². The maximum absolute atomic E-state index is 12.9. The van der Waals surface area contributed by atoms with Gasteiger partial charge in [0.05, 0.1) is 0 Å². The van der Waals surface area contributed by atoms with Crippen molar-refractivity contribution < 1.29 is 19.1 Å². The number of benzene rings is 1. The van der Waals surface area contributed by atoms with E-state index in [2.05, 4.69) is 4.98 Å². The van der Waals surface area contributed by atoms with Crippen LogP contribution in [-0.4, -0.2) is 40.1 Å². The fourth-order valence-electron chi connectivity index (χ4n) is 2.55. The van der Waals surface area contributed by atoms with Gasteiger partial charge >= 0.3 is 12.1 Å². The van der Waals surface area contributed by atoms with E-state index in [1.165, 1.54) is 4.90 Å². The summed E-state index contributed by atoms with van der Waals surface area (Å²) in [5, 5.41) is 0. The molecule has 0 aliphatic carbocycles. The first kappa shape index (κ1) is 20.4. The summed E-state index contributed by atoms with van der Waals surface area (Å²) in [5.41, 5.74) is 0.271. The number of carbonyl (C=O) groups is 2. The number of likely N-dealkylation sites (N-methyl/N-ethyl adjacent to an activating group) is 1. The molecule has 0 saturated carbocycles. The predicted molar refractivity (Wildman–Crippen MR) is 102 cm³/mol. The Kier molecular flexibility index (Phi) is 6.93. The Morgan fingerprint density at radius 2 is 1.70 bits per heavy atom. The Morgan fingerprint density at radius 1 is 1.07 bits per heavy atom. The number of aromatic nitrogens is 1. The van der Waals surface area contributed by atoms with Crippen molar-refractivity contribution in [3.05, 3.63) is 60.4 Å². The molecule has 1 aromatic heterocycles. The molecule has 0 aliphatic rings. The number of hydrogen-bond donors (Lipinski definition) is 0.